The van der Waals surface area contributed by atoms with Crippen molar-refractivity contribution in [3.63, 3.8) is 0 Å². The second-order valence-corrected chi connectivity index (χ2v) is 8.13. The molecule has 1 aliphatic rings. The van der Waals surface area contributed by atoms with E-state index in [1.165, 1.54) is 0 Å². The van der Waals surface area contributed by atoms with Gasteiger partial charge in [-0.2, -0.15) is 0 Å². The van der Waals surface area contributed by atoms with Crippen LogP contribution >= 0.6 is 0 Å². The van der Waals surface area contributed by atoms with Gasteiger partial charge in [-0.15, -0.1) is 0 Å². The summed E-state index contributed by atoms with van der Waals surface area (Å²) in [7, 11) is -4.37. The Balaban J connectivity index is 2.53. The topological polar surface area (TPSA) is 124 Å². The van der Waals surface area contributed by atoms with Crippen LogP contribution in [0.25, 0.3) is 0 Å². The van der Waals surface area contributed by atoms with Gasteiger partial charge in [-0.25, -0.2) is 17.5 Å². The van der Waals surface area contributed by atoms with Crippen LogP contribution in [0, 0.1) is 15.5 Å². The number of rotatable bonds is 7. The summed E-state index contributed by atoms with van der Waals surface area (Å²) in [4.78, 5) is 35.2. The molecule has 1 aromatic carbocycles. The number of hydrogen-bond donors (Lipinski definition) is 0. The predicted molar refractivity (Wildman–Crippen MR) is 95.2 cm³/mol. The van der Waals surface area contributed by atoms with Gasteiger partial charge in [0.05, 0.1) is 21.8 Å². The highest BCUT2D eigenvalue weighted by Gasteiger charge is 2.57. The first-order chi connectivity index (χ1) is 12.6. The lowest BCUT2D eigenvalue weighted by Crippen LogP contribution is -2.44. The van der Waals surface area contributed by atoms with E-state index in [-0.39, 0.29) is 23.6 Å². The van der Waals surface area contributed by atoms with E-state index in [2.05, 4.69) is 0 Å². The molecule has 0 aromatic heterocycles. The molecule has 1 aromatic rings. The normalized spacial score (nSPS) is 19.1. The maximum atomic E-state index is 13.1. The van der Waals surface area contributed by atoms with Gasteiger partial charge < -0.3 is 4.74 Å². The number of hydrogen-bond acceptors (Lipinski definition) is 7. The summed E-state index contributed by atoms with van der Waals surface area (Å²) in [5, 5.41) is 10.8. The standard InChI is InChI=1S/C17H22N2O7S/c1-4-17(5-2)11-14(15(20)26-6-3)18(16(17)21)27(24,25)13-9-7-12(8-10-13)19(22)23/h7-10,14H,4-6,11H2,1-3H3. The number of nitro groups is 1. The highest BCUT2D eigenvalue weighted by molar-refractivity contribution is 7.89. The molecule has 0 bridgehead atoms. The number of benzene rings is 1. The fourth-order valence-electron chi connectivity index (χ4n) is 3.30. The largest absolute Gasteiger partial charge is 0.464 e. The second kappa shape index (κ2) is 7.63. The Morgan fingerprint density at radius 1 is 1.26 bits per heavy atom. The summed E-state index contributed by atoms with van der Waals surface area (Å²) in [6.07, 6.45) is 0.804. The van der Waals surface area contributed by atoms with Crippen LogP contribution in [-0.2, 0) is 24.3 Å². The highest BCUT2D eigenvalue weighted by atomic mass is 32.2. The molecule has 1 fully saturated rings. The SMILES string of the molecule is CCOC(=O)C1CC(CC)(CC)C(=O)N1S(=O)(=O)c1ccc([N+](=O)[O-])cc1. The summed E-state index contributed by atoms with van der Waals surface area (Å²) >= 11 is 0. The molecule has 0 saturated carbocycles. The van der Waals surface area contributed by atoms with E-state index >= 15 is 0 Å². The first kappa shape index (κ1) is 20.8. The lowest BCUT2D eigenvalue weighted by Gasteiger charge is -2.25. The van der Waals surface area contributed by atoms with E-state index in [9.17, 15) is 28.1 Å². The fraction of sp³-hybridized carbons (Fsp3) is 0.529. The van der Waals surface area contributed by atoms with E-state index < -0.39 is 38.3 Å². The molecule has 1 aliphatic heterocycles. The van der Waals surface area contributed by atoms with E-state index in [0.29, 0.717) is 17.1 Å². The summed E-state index contributed by atoms with van der Waals surface area (Å²) in [6, 6.07) is 2.94. The number of ether oxygens (including phenoxy) is 1. The van der Waals surface area contributed by atoms with Gasteiger partial charge in [0.25, 0.3) is 15.7 Å². The molecular weight excluding hydrogens is 376 g/mol. The Bertz CT molecular complexity index is 845. The van der Waals surface area contributed by atoms with E-state index in [4.69, 9.17) is 4.74 Å². The van der Waals surface area contributed by atoms with Crippen LogP contribution < -0.4 is 0 Å². The van der Waals surface area contributed by atoms with Gasteiger partial charge in [0.1, 0.15) is 6.04 Å². The monoisotopic (exact) mass is 398 g/mol. The minimum atomic E-state index is -4.37. The summed E-state index contributed by atoms with van der Waals surface area (Å²) < 4.78 is 31.8. The van der Waals surface area contributed by atoms with Crippen molar-refractivity contribution in [1.82, 2.24) is 4.31 Å². The maximum absolute atomic E-state index is 13.1. The van der Waals surface area contributed by atoms with Gasteiger partial charge in [-0.3, -0.25) is 14.9 Å². The smallest absolute Gasteiger partial charge is 0.330 e. The Kier molecular flexibility index (Phi) is 5.88. The lowest BCUT2D eigenvalue weighted by atomic mass is 9.79. The van der Waals surface area contributed by atoms with Gasteiger partial charge in [0.2, 0.25) is 5.91 Å². The van der Waals surface area contributed by atoms with Crippen LogP contribution in [0.1, 0.15) is 40.0 Å². The first-order valence-electron chi connectivity index (χ1n) is 8.64. The second-order valence-electron chi connectivity index (χ2n) is 6.32. The van der Waals surface area contributed by atoms with Crippen molar-refractivity contribution >= 4 is 27.6 Å². The zero-order valence-electron chi connectivity index (χ0n) is 15.4. The van der Waals surface area contributed by atoms with Crippen LogP contribution in [0.4, 0.5) is 5.69 Å². The summed E-state index contributed by atoms with van der Waals surface area (Å²) in [6.45, 7) is 5.19. The minimum Gasteiger partial charge on any atom is -0.464 e. The average Bonchev–Trinajstić information content (AvgIpc) is 2.95. The van der Waals surface area contributed by atoms with Crippen molar-refractivity contribution in [2.75, 3.05) is 6.61 Å². The molecule has 0 N–H and O–H groups in total. The zero-order chi connectivity index (χ0) is 20.4. The molecule has 1 atom stereocenters. The van der Waals surface area contributed by atoms with Gasteiger partial charge in [0, 0.05) is 12.1 Å². The Morgan fingerprint density at radius 2 is 1.81 bits per heavy atom. The molecule has 1 unspecified atom stereocenters. The average molecular weight is 398 g/mol. The third-order valence-corrected chi connectivity index (χ3v) is 6.84. The molecule has 0 spiro atoms. The van der Waals surface area contributed by atoms with Crippen molar-refractivity contribution in [2.45, 2.75) is 51.0 Å². The number of non-ortho nitro benzene ring substituents is 1. The Morgan fingerprint density at radius 3 is 2.26 bits per heavy atom. The molecule has 10 heteroatoms. The maximum Gasteiger partial charge on any atom is 0.330 e. The van der Waals surface area contributed by atoms with E-state index in [1.54, 1.807) is 20.8 Å². The van der Waals surface area contributed by atoms with Crippen molar-refractivity contribution < 1.29 is 27.7 Å². The number of sulfonamides is 1. The van der Waals surface area contributed by atoms with Crippen LogP contribution in [0.2, 0.25) is 0 Å². The molecule has 1 amide bonds. The predicted octanol–water partition coefficient (Wildman–Crippen LogP) is 2.25. The third-order valence-electron chi connectivity index (χ3n) is 5.04. The Hall–Kier alpha value is -2.49. The molecule has 0 aliphatic carbocycles. The van der Waals surface area contributed by atoms with E-state index in [1.807, 2.05) is 0 Å². The number of esters is 1. The summed E-state index contributed by atoms with van der Waals surface area (Å²) in [5.74, 6) is -1.43. The number of nitrogens with zero attached hydrogens (tertiary/aromatic N) is 2. The molecule has 148 valence electrons. The number of nitro benzene ring substituents is 1. The molecular formula is C17H22N2O7S. The van der Waals surface area contributed by atoms with Crippen molar-refractivity contribution in [3.8, 4) is 0 Å². The summed E-state index contributed by atoms with van der Waals surface area (Å²) in [5.41, 5.74) is -1.24. The molecule has 0 radical (unpaired) electrons. The molecule has 2 rings (SSSR count). The molecule has 1 saturated heterocycles. The van der Waals surface area contributed by atoms with E-state index in [0.717, 1.165) is 24.3 Å². The number of carbonyl (C=O) groups excluding carboxylic acids is 2. The molecule has 9 nitrogen and oxygen atoms in total. The molecule has 27 heavy (non-hydrogen) atoms. The number of carbonyl (C=O) groups is 2. The van der Waals surface area contributed by atoms with Gasteiger partial charge >= 0.3 is 5.97 Å². The molecule has 1 heterocycles. The van der Waals surface area contributed by atoms with Crippen molar-refractivity contribution in [1.29, 1.82) is 0 Å². The van der Waals surface area contributed by atoms with Crippen LogP contribution in [0.15, 0.2) is 29.2 Å². The Labute approximate surface area is 157 Å². The zero-order valence-corrected chi connectivity index (χ0v) is 16.2. The van der Waals surface area contributed by atoms with Gasteiger partial charge in [-0.1, -0.05) is 13.8 Å². The van der Waals surface area contributed by atoms with Crippen LogP contribution in [0.5, 0.6) is 0 Å². The quantitative estimate of drug-likeness (QED) is 0.392. The van der Waals surface area contributed by atoms with Crippen LogP contribution in [-0.4, -0.2) is 42.2 Å². The third kappa shape index (κ3) is 3.53. The van der Waals surface area contributed by atoms with Crippen molar-refractivity contribution in [3.05, 3.63) is 34.4 Å². The minimum absolute atomic E-state index is 0.0455. The van der Waals surface area contributed by atoms with Gasteiger partial charge in [0.15, 0.2) is 0 Å². The van der Waals surface area contributed by atoms with Crippen molar-refractivity contribution in [2.24, 2.45) is 5.41 Å². The fourth-order valence-corrected chi connectivity index (χ4v) is 4.92. The lowest BCUT2D eigenvalue weighted by molar-refractivity contribution is -0.384. The van der Waals surface area contributed by atoms with Gasteiger partial charge in [-0.05, 0) is 38.3 Å². The highest BCUT2D eigenvalue weighted by Crippen LogP contribution is 2.44. The number of amides is 1. The van der Waals surface area contributed by atoms with Crippen LogP contribution in [0.3, 0.4) is 0 Å². The first-order valence-corrected chi connectivity index (χ1v) is 10.1.